The highest BCUT2D eigenvalue weighted by atomic mass is 31.1. The Kier molecular flexibility index (Phi) is 8.88. The van der Waals surface area contributed by atoms with Crippen LogP contribution in [0.1, 0.15) is 47.2 Å². The number of aliphatic hydroxyl groups is 1. The number of aliphatic hydroxyl groups excluding tert-OH is 1. The number of hydrogen-bond donors (Lipinski definition) is 1. The molecule has 0 heterocycles. The summed E-state index contributed by atoms with van der Waals surface area (Å²) in [4.78, 5) is 0. The molecule has 0 radical (unpaired) electrons. The first-order valence-corrected chi connectivity index (χ1v) is 8.42. The predicted molar refractivity (Wildman–Crippen MR) is 85.8 cm³/mol. The van der Waals surface area contributed by atoms with E-state index in [9.17, 15) is 4.57 Å². The number of benzene rings is 1. The monoisotopic (exact) mass is 299 g/mol. The Morgan fingerprint density at radius 3 is 1.60 bits per heavy atom. The van der Waals surface area contributed by atoms with Crippen LogP contribution in [0.4, 0.5) is 0 Å². The van der Waals surface area contributed by atoms with E-state index in [1.165, 1.54) is 33.4 Å². The van der Waals surface area contributed by atoms with Gasteiger partial charge in [-0.3, -0.25) is 0 Å². The molecule has 0 aliphatic carbocycles. The van der Waals surface area contributed by atoms with Crippen molar-refractivity contribution in [1.82, 2.24) is 0 Å². The maximum atomic E-state index is 11.8. The zero-order valence-electron chi connectivity index (χ0n) is 13.8. The third kappa shape index (κ3) is 4.97. The Morgan fingerprint density at radius 1 is 0.900 bits per heavy atom. The average Bonchev–Trinajstić information content (AvgIpc) is 2.40. The van der Waals surface area contributed by atoms with E-state index in [0.717, 1.165) is 0 Å². The lowest BCUT2D eigenvalue weighted by Crippen LogP contribution is -2.02. The van der Waals surface area contributed by atoms with Crippen molar-refractivity contribution in [2.45, 2.75) is 54.6 Å². The quantitative estimate of drug-likeness (QED) is 0.832. The van der Waals surface area contributed by atoms with Gasteiger partial charge in [0.1, 0.15) is 0 Å². The third-order valence-electron chi connectivity index (χ3n) is 3.72. The molecule has 0 aliphatic heterocycles. The largest absolute Gasteiger partial charge is 0.512 e. The third-order valence-corrected chi connectivity index (χ3v) is 4.84. The molecule has 0 saturated heterocycles. The second kappa shape index (κ2) is 9.23. The Hall–Kier alpha value is -0.760. The van der Waals surface area contributed by atoms with E-state index in [2.05, 4.69) is 34.6 Å². The normalized spacial score (nSPS) is 10.9. The molecular weight excluding hydrogens is 271 g/mol. The Balaban J connectivity index is 0.00000110. The molecule has 0 aliphatic rings. The van der Waals surface area contributed by atoms with Gasteiger partial charge in [0, 0.05) is 12.2 Å². The lowest BCUT2D eigenvalue weighted by Gasteiger charge is -2.15. The van der Waals surface area contributed by atoms with Crippen LogP contribution in [0.3, 0.4) is 0 Å². The molecule has 0 saturated carbocycles. The van der Waals surface area contributed by atoms with E-state index in [0.29, 0.717) is 12.8 Å². The minimum Gasteiger partial charge on any atom is -0.397 e. The van der Waals surface area contributed by atoms with Crippen LogP contribution in [0.2, 0.25) is 0 Å². The summed E-state index contributed by atoms with van der Waals surface area (Å²) < 4.78 is 16.9. The van der Waals surface area contributed by atoms with Crippen molar-refractivity contribution in [1.29, 1.82) is 0 Å². The van der Waals surface area contributed by atoms with E-state index in [4.69, 9.17) is 9.63 Å². The standard InChI is InChI=1S/C14H22O2P.C2H6O/c1-7-16-17(15)8-14-12(5)10(3)9(2)11(4)13(14)6;1-2-3/h7-8H2,1-6H3;3H,2H2,1H3/q+1;. The van der Waals surface area contributed by atoms with Crippen LogP contribution in [0, 0.1) is 34.6 Å². The van der Waals surface area contributed by atoms with E-state index in [1.54, 1.807) is 6.92 Å². The van der Waals surface area contributed by atoms with Gasteiger partial charge in [-0.15, -0.1) is 4.52 Å². The smallest absolute Gasteiger partial charge is 0.397 e. The molecule has 1 aromatic carbocycles. The lowest BCUT2D eigenvalue weighted by atomic mass is 9.90. The van der Waals surface area contributed by atoms with Crippen molar-refractivity contribution in [2.24, 2.45) is 0 Å². The molecule has 114 valence electrons. The zero-order chi connectivity index (χ0) is 15.9. The first-order valence-electron chi connectivity index (χ1n) is 7.05. The van der Waals surface area contributed by atoms with Crippen molar-refractivity contribution in [3.63, 3.8) is 0 Å². The summed E-state index contributed by atoms with van der Waals surface area (Å²) >= 11 is 0. The van der Waals surface area contributed by atoms with Crippen LogP contribution in [-0.4, -0.2) is 18.3 Å². The van der Waals surface area contributed by atoms with Gasteiger partial charge >= 0.3 is 8.03 Å². The molecule has 0 aromatic heterocycles. The van der Waals surface area contributed by atoms with Crippen molar-refractivity contribution in [3.8, 4) is 0 Å². The van der Waals surface area contributed by atoms with E-state index in [1.807, 2.05) is 6.92 Å². The fraction of sp³-hybridized carbons (Fsp3) is 0.625. The summed E-state index contributed by atoms with van der Waals surface area (Å²) in [6, 6.07) is 0. The van der Waals surface area contributed by atoms with Crippen molar-refractivity contribution >= 4 is 8.03 Å². The first-order chi connectivity index (χ1) is 9.31. The van der Waals surface area contributed by atoms with Gasteiger partial charge < -0.3 is 5.11 Å². The zero-order valence-corrected chi connectivity index (χ0v) is 14.7. The number of rotatable bonds is 4. The van der Waals surface area contributed by atoms with Gasteiger partial charge in [0.15, 0.2) is 0 Å². The van der Waals surface area contributed by atoms with Crippen molar-refractivity contribution in [3.05, 3.63) is 33.4 Å². The summed E-state index contributed by atoms with van der Waals surface area (Å²) in [7, 11) is -1.57. The van der Waals surface area contributed by atoms with Crippen LogP contribution in [0.15, 0.2) is 0 Å². The summed E-state index contributed by atoms with van der Waals surface area (Å²) in [6.45, 7) is 15.0. The lowest BCUT2D eigenvalue weighted by molar-refractivity contribution is 0.318. The minimum absolute atomic E-state index is 0.250. The van der Waals surface area contributed by atoms with Crippen LogP contribution in [0.5, 0.6) is 0 Å². The maximum absolute atomic E-state index is 11.8. The van der Waals surface area contributed by atoms with E-state index < -0.39 is 8.03 Å². The molecule has 0 amide bonds. The second-order valence-corrected chi connectivity index (χ2v) is 6.07. The van der Waals surface area contributed by atoms with E-state index >= 15 is 0 Å². The minimum atomic E-state index is -1.57. The summed E-state index contributed by atoms with van der Waals surface area (Å²) in [6.07, 6.45) is 0.531. The van der Waals surface area contributed by atoms with Gasteiger partial charge in [-0.1, -0.05) is 0 Å². The first kappa shape index (κ1) is 19.2. The molecule has 1 aromatic rings. The second-order valence-electron chi connectivity index (χ2n) is 4.83. The summed E-state index contributed by atoms with van der Waals surface area (Å²) in [5, 5.41) is 7.57. The van der Waals surface area contributed by atoms with Gasteiger partial charge in [0.2, 0.25) is 6.16 Å². The van der Waals surface area contributed by atoms with Crippen LogP contribution >= 0.6 is 8.03 Å². The molecule has 3 nitrogen and oxygen atoms in total. The average molecular weight is 299 g/mol. The predicted octanol–water partition coefficient (Wildman–Crippen LogP) is 4.51. The van der Waals surface area contributed by atoms with Crippen LogP contribution in [-0.2, 0) is 15.3 Å². The van der Waals surface area contributed by atoms with Crippen LogP contribution < -0.4 is 0 Å². The van der Waals surface area contributed by atoms with Crippen molar-refractivity contribution in [2.75, 3.05) is 13.2 Å². The van der Waals surface area contributed by atoms with E-state index in [-0.39, 0.29) is 6.61 Å². The summed E-state index contributed by atoms with van der Waals surface area (Å²) in [5.74, 6) is 0. The number of hydrogen-bond acceptors (Lipinski definition) is 3. The molecule has 1 N–H and O–H groups in total. The highest BCUT2D eigenvalue weighted by Crippen LogP contribution is 2.34. The topological polar surface area (TPSA) is 46.5 Å². The Labute approximate surface area is 124 Å². The Morgan fingerprint density at radius 2 is 1.25 bits per heavy atom. The Bertz CT molecular complexity index is 438. The maximum Gasteiger partial charge on any atom is 0.512 e. The molecule has 0 fully saturated rings. The molecule has 4 heteroatoms. The molecular formula is C16H28O3P+. The molecule has 0 spiro atoms. The van der Waals surface area contributed by atoms with Gasteiger partial charge in [-0.05, 0) is 80.8 Å². The fourth-order valence-corrected chi connectivity index (χ4v) is 3.25. The van der Waals surface area contributed by atoms with Crippen molar-refractivity contribution < 1.29 is 14.2 Å². The van der Waals surface area contributed by atoms with Gasteiger partial charge in [0.25, 0.3) is 0 Å². The molecule has 1 rings (SSSR count). The fourth-order valence-electron chi connectivity index (χ4n) is 2.13. The molecule has 0 bridgehead atoms. The van der Waals surface area contributed by atoms with Gasteiger partial charge in [-0.2, -0.15) is 0 Å². The van der Waals surface area contributed by atoms with Crippen LogP contribution in [0.25, 0.3) is 0 Å². The highest BCUT2D eigenvalue weighted by molar-refractivity contribution is 7.38. The molecule has 1 unspecified atom stereocenters. The highest BCUT2D eigenvalue weighted by Gasteiger charge is 2.22. The molecule has 1 atom stereocenters. The SMILES string of the molecule is CCO.CCO[P+](=O)Cc1c(C)c(C)c(C)c(C)c1C. The summed E-state index contributed by atoms with van der Waals surface area (Å²) in [5.41, 5.74) is 7.67. The molecule has 20 heavy (non-hydrogen) atoms. The van der Waals surface area contributed by atoms with Gasteiger partial charge in [0.05, 0.1) is 6.61 Å². The van der Waals surface area contributed by atoms with Gasteiger partial charge in [-0.25, -0.2) is 0 Å².